The number of aromatic nitrogens is 2. The number of carbonyl (C=O) groups is 2. The molecule has 6 atom stereocenters. The minimum Gasteiger partial charge on any atom is -0.381 e. The van der Waals surface area contributed by atoms with E-state index in [4.69, 9.17) is 9.97 Å². The monoisotopic (exact) mass is 660 g/mol. The molecule has 4 heterocycles. The number of allylic oxidation sites excluding steroid dienone is 4. The van der Waals surface area contributed by atoms with Gasteiger partial charge in [0, 0.05) is 81.6 Å². The summed E-state index contributed by atoms with van der Waals surface area (Å²) in [7, 11) is 0. The molecule has 3 saturated heterocycles. The predicted molar refractivity (Wildman–Crippen MR) is 185 cm³/mol. The number of aliphatic hydroxyl groups is 1. The molecule has 7 aliphatic rings. The highest BCUT2D eigenvalue weighted by Crippen LogP contribution is 2.67. The lowest BCUT2D eigenvalue weighted by atomic mass is 9.50. The number of hydrogen-bond acceptors (Lipinski definition) is 9. The van der Waals surface area contributed by atoms with Crippen LogP contribution in [-0.2, 0) is 9.59 Å². The fourth-order valence-corrected chi connectivity index (χ4v) is 10.9. The molecule has 260 valence electrons. The minimum atomic E-state index is -1.70. The summed E-state index contributed by atoms with van der Waals surface area (Å²) in [6.07, 6.45) is 13.1. The van der Waals surface area contributed by atoms with Gasteiger partial charge in [0.15, 0.2) is 11.6 Å². The Hall–Kier alpha value is -2.85. The molecule has 48 heavy (non-hydrogen) atoms. The maximum absolute atomic E-state index is 14.9. The van der Waals surface area contributed by atoms with Crippen LogP contribution in [-0.4, -0.2) is 103 Å². The Morgan fingerprint density at radius 3 is 2.25 bits per heavy atom. The number of nitrogens with zero attached hydrogens (tertiary/aromatic N) is 6. The summed E-state index contributed by atoms with van der Waals surface area (Å²) in [6, 6.07) is 2.14. The molecule has 1 N–H and O–H groups in total. The molecule has 0 radical (unpaired) electrons. The summed E-state index contributed by atoms with van der Waals surface area (Å²) >= 11 is 0. The number of anilines is 3. The van der Waals surface area contributed by atoms with Crippen molar-refractivity contribution in [1.29, 1.82) is 0 Å². The quantitative estimate of drug-likeness (QED) is 0.416. The van der Waals surface area contributed by atoms with E-state index in [2.05, 4.69) is 45.6 Å². The van der Waals surface area contributed by atoms with Gasteiger partial charge in [0.05, 0.1) is 13.2 Å². The molecule has 9 nitrogen and oxygen atoms in total. The zero-order valence-electron chi connectivity index (χ0n) is 28.9. The lowest BCUT2D eigenvalue weighted by molar-refractivity contribution is -0.161. The summed E-state index contributed by atoms with van der Waals surface area (Å²) in [5.74, 6) is 2.36. The van der Waals surface area contributed by atoms with Crippen LogP contribution in [0.25, 0.3) is 0 Å². The van der Waals surface area contributed by atoms with E-state index < -0.39 is 23.6 Å². The Kier molecular flexibility index (Phi) is 8.21. The van der Waals surface area contributed by atoms with Crippen molar-refractivity contribution in [3.05, 3.63) is 29.4 Å². The summed E-state index contributed by atoms with van der Waals surface area (Å²) in [6.45, 7) is 10.7. The molecule has 0 spiro atoms. The average molecular weight is 661 g/mol. The number of halogens is 1. The third kappa shape index (κ3) is 5.05. The maximum atomic E-state index is 14.9. The second-order valence-corrected chi connectivity index (χ2v) is 16.3. The lowest BCUT2D eigenvalue weighted by Crippen LogP contribution is -2.60. The second kappa shape index (κ2) is 12.2. The molecule has 4 aliphatic carbocycles. The van der Waals surface area contributed by atoms with E-state index >= 15 is 0 Å². The van der Waals surface area contributed by atoms with E-state index in [0.717, 1.165) is 76.1 Å². The van der Waals surface area contributed by atoms with Crippen molar-refractivity contribution in [3.8, 4) is 0 Å². The minimum absolute atomic E-state index is 0.0485. The highest BCUT2D eigenvalue weighted by Gasteiger charge is 2.68. The Balaban J connectivity index is 0.980. The molecule has 0 amide bonds. The van der Waals surface area contributed by atoms with Crippen LogP contribution in [0.3, 0.4) is 0 Å². The number of fused-ring (bicyclic) bond motifs is 5. The molecular formula is C38H53FN6O3. The zero-order chi connectivity index (χ0) is 33.3. The van der Waals surface area contributed by atoms with Crippen molar-refractivity contribution in [2.75, 3.05) is 80.3 Å². The Morgan fingerprint density at radius 2 is 1.58 bits per heavy atom. The Bertz CT molecular complexity index is 1480. The number of rotatable bonds is 7. The van der Waals surface area contributed by atoms with Crippen molar-refractivity contribution in [2.45, 2.75) is 83.7 Å². The molecular weight excluding hydrogens is 607 g/mol. The van der Waals surface area contributed by atoms with Crippen LogP contribution in [0.1, 0.15) is 78.1 Å². The molecule has 3 aliphatic heterocycles. The topological polar surface area (TPSA) is 93.1 Å². The van der Waals surface area contributed by atoms with Gasteiger partial charge in [-0.05, 0) is 75.7 Å². The highest BCUT2D eigenvalue weighted by molar-refractivity contribution is 5.92. The zero-order valence-corrected chi connectivity index (χ0v) is 28.9. The first-order chi connectivity index (χ1) is 23.1. The van der Waals surface area contributed by atoms with Crippen molar-refractivity contribution < 1.29 is 19.1 Å². The van der Waals surface area contributed by atoms with Crippen LogP contribution >= 0.6 is 0 Å². The fourth-order valence-electron chi connectivity index (χ4n) is 10.9. The summed E-state index contributed by atoms with van der Waals surface area (Å²) in [4.78, 5) is 45.7. The predicted octanol–water partition coefficient (Wildman–Crippen LogP) is 4.75. The Morgan fingerprint density at radius 1 is 0.938 bits per heavy atom. The summed E-state index contributed by atoms with van der Waals surface area (Å²) in [5.41, 5.74) is 0.0509. The van der Waals surface area contributed by atoms with E-state index in [1.54, 1.807) is 0 Å². The molecule has 5 fully saturated rings. The lowest BCUT2D eigenvalue weighted by Gasteiger charge is -2.54. The number of hydrogen-bond donors (Lipinski definition) is 1. The van der Waals surface area contributed by atoms with Gasteiger partial charge in [-0.2, -0.15) is 9.97 Å². The van der Waals surface area contributed by atoms with E-state index in [1.165, 1.54) is 36.8 Å². The van der Waals surface area contributed by atoms with Crippen molar-refractivity contribution >= 4 is 29.2 Å². The van der Waals surface area contributed by atoms with Gasteiger partial charge in [-0.1, -0.05) is 31.1 Å². The summed E-state index contributed by atoms with van der Waals surface area (Å²) < 4.78 is 14.9. The second-order valence-electron chi connectivity index (χ2n) is 16.3. The van der Waals surface area contributed by atoms with Gasteiger partial charge in [-0.3, -0.25) is 18.9 Å². The fraction of sp³-hybridized carbons (Fsp3) is 0.737. The van der Waals surface area contributed by atoms with Gasteiger partial charge >= 0.3 is 0 Å². The van der Waals surface area contributed by atoms with Crippen LogP contribution in [0.4, 0.5) is 22.0 Å². The molecule has 10 heteroatoms. The van der Waals surface area contributed by atoms with Crippen molar-refractivity contribution in [3.63, 3.8) is 0 Å². The van der Waals surface area contributed by atoms with Crippen LogP contribution in [0.15, 0.2) is 29.4 Å². The van der Waals surface area contributed by atoms with Gasteiger partial charge < -0.3 is 19.8 Å². The third-order valence-electron chi connectivity index (χ3n) is 13.9. The van der Waals surface area contributed by atoms with Gasteiger partial charge in [-0.15, -0.1) is 0 Å². The molecule has 1 aromatic heterocycles. The molecule has 8 rings (SSSR count). The molecule has 2 saturated carbocycles. The average Bonchev–Trinajstić information content (AvgIpc) is 3.87. The SMILES string of the molecule is C[C@]12CCC(=O)C=C1CC[C@@H]1C2=CC[C@@]2(C)[C@H]1C[C@H](CF)[C@]2(O)C(=O)CN1CCN(c2cc(N3CCCC3)nc(N3CCCC3)n2)CC1. The first-order valence-electron chi connectivity index (χ1n) is 18.8. The third-order valence-corrected chi connectivity index (χ3v) is 13.9. The number of Topliss-reactive ketones (excluding diaryl/α,β-unsaturated/α-hetero) is 1. The van der Waals surface area contributed by atoms with Crippen LogP contribution in [0, 0.1) is 28.6 Å². The Labute approximate surface area is 284 Å². The standard InChI is InChI=1S/C38H53FN6O3/c1-36-11-9-28(46)21-26(36)7-8-29-30(36)10-12-37(2)31(29)22-27(24-39)38(37,48)32(47)25-42-17-19-44(20-18-42)34-23-33(43-13-3-4-14-43)40-35(41-34)45-15-5-6-16-45/h10,21,23,27,29,31,48H,3-9,11-20,22,24-25H2,1-2H3/t27-,29-,31+,36+,37+,38+/m1/s1. The van der Waals surface area contributed by atoms with E-state index in [0.29, 0.717) is 32.4 Å². The van der Waals surface area contributed by atoms with Crippen molar-refractivity contribution in [1.82, 2.24) is 14.9 Å². The number of piperazine rings is 1. The summed E-state index contributed by atoms with van der Waals surface area (Å²) in [5, 5.41) is 12.5. The van der Waals surface area contributed by atoms with Crippen molar-refractivity contribution in [2.24, 2.45) is 28.6 Å². The molecule has 1 aromatic rings. The van der Waals surface area contributed by atoms with Gasteiger partial charge in [-0.25, -0.2) is 0 Å². The largest absolute Gasteiger partial charge is 0.381 e. The molecule has 0 aromatic carbocycles. The number of ketones is 2. The number of carbonyl (C=O) groups excluding carboxylic acids is 2. The number of alkyl halides is 1. The first kappa shape index (κ1) is 32.4. The van der Waals surface area contributed by atoms with Gasteiger partial charge in [0.25, 0.3) is 0 Å². The van der Waals surface area contributed by atoms with E-state index in [9.17, 15) is 19.1 Å². The van der Waals surface area contributed by atoms with Crippen LogP contribution in [0.2, 0.25) is 0 Å². The first-order valence-corrected chi connectivity index (χ1v) is 18.8. The normalized spacial score (nSPS) is 36.9. The molecule has 0 unspecified atom stereocenters. The smallest absolute Gasteiger partial charge is 0.229 e. The van der Waals surface area contributed by atoms with Gasteiger partial charge in [0.1, 0.15) is 17.2 Å². The van der Waals surface area contributed by atoms with E-state index in [-0.39, 0.29) is 35.4 Å². The maximum Gasteiger partial charge on any atom is 0.229 e. The molecule has 0 bridgehead atoms. The van der Waals surface area contributed by atoms with Crippen LogP contribution < -0.4 is 14.7 Å². The van der Waals surface area contributed by atoms with Crippen LogP contribution in [0.5, 0.6) is 0 Å². The van der Waals surface area contributed by atoms with E-state index in [1.807, 2.05) is 6.08 Å². The van der Waals surface area contributed by atoms with Gasteiger partial charge in [0.2, 0.25) is 5.95 Å². The highest BCUT2D eigenvalue weighted by atomic mass is 19.1.